The fourth-order valence-electron chi connectivity index (χ4n) is 2.16. The van der Waals surface area contributed by atoms with Gasteiger partial charge in [-0.3, -0.25) is 4.79 Å². The number of hydrogen-bond donors (Lipinski definition) is 1. The quantitative estimate of drug-likeness (QED) is 0.914. The summed E-state index contributed by atoms with van der Waals surface area (Å²) in [6, 6.07) is 16.5. The Morgan fingerprint density at radius 1 is 1.08 bits per heavy atom. The molecule has 1 N–H and O–H groups in total. The van der Waals surface area contributed by atoms with E-state index in [1.165, 1.54) is 5.56 Å². The number of nitriles is 1. The van der Waals surface area contributed by atoms with Crippen LogP contribution in [0.4, 0.5) is 5.69 Å². The minimum atomic E-state index is -0.624. The maximum atomic E-state index is 12.2. The van der Waals surface area contributed by atoms with Crippen LogP contribution < -0.4 is 10.1 Å². The zero-order valence-electron chi connectivity index (χ0n) is 14.5. The smallest absolute Gasteiger partial charge is 0.265 e. The van der Waals surface area contributed by atoms with Gasteiger partial charge >= 0.3 is 0 Å². The average Bonchev–Trinajstić information content (AvgIpc) is 2.55. The summed E-state index contributed by atoms with van der Waals surface area (Å²) in [5.74, 6) is 0.421. The Bertz CT molecular complexity index is 735. The lowest BCUT2D eigenvalue weighted by molar-refractivity contribution is -0.122. The SMILES string of the molecule is CC(Oc1ccc(C(C)(C)C)cc1)C(=O)Nc1ccc(C#N)cc1. The lowest BCUT2D eigenvalue weighted by atomic mass is 9.87. The molecule has 2 aromatic carbocycles. The molecule has 0 aliphatic heterocycles. The summed E-state index contributed by atoms with van der Waals surface area (Å²) in [4.78, 5) is 12.2. The molecule has 0 aliphatic carbocycles. The van der Waals surface area contributed by atoms with Gasteiger partial charge in [-0.1, -0.05) is 32.9 Å². The van der Waals surface area contributed by atoms with Crippen LogP contribution in [0.1, 0.15) is 38.8 Å². The fraction of sp³-hybridized carbons (Fsp3) is 0.300. The number of hydrogen-bond acceptors (Lipinski definition) is 3. The second kappa shape index (κ2) is 7.18. The number of benzene rings is 2. The predicted octanol–water partition coefficient (Wildman–Crippen LogP) is 4.26. The third kappa shape index (κ3) is 4.60. The van der Waals surface area contributed by atoms with Gasteiger partial charge in [-0.05, 0) is 54.3 Å². The van der Waals surface area contributed by atoms with E-state index >= 15 is 0 Å². The fourth-order valence-corrected chi connectivity index (χ4v) is 2.16. The molecule has 0 heterocycles. The molecule has 0 saturated heterocycles. The van der Waals surface area contributed by atoms with Crippen molar-refractivity contribution in [2.45, 2.75) is 39.2 Å². The van der Waals surface area contributed by atoms with Crippen LogP contribution in [0.2, 0.25) is 0 Å². The first-order chi connectivity index (χ1) is 11.3. The zero-order valence-corrected chi connectivity index (χ0v) is 14.5. The first kappa shape index (κ1) is 17.6. The lowest BCUT2D eigenvalue weighted by Gasteiger charge is -2.20. The topological polar surface area (TPSA) is 62.1 Å². The second-order valence-electron chi connectivity index (χ2n) is 6.71. The highest BCUT2D eigenvalue weighted by molar-refractivity contribution is 5.94. The van der Waals surface area contributed by atoms with Crippen molar-refractivity contribution in [2.75, 3.05) is 5.32 Å². The lowest BCUT2D eigenvalue weighted by Crippen LogP contribution is -2.30. The summed E-state index contributed by atoms with van der Waals surface area (Å²) >= 11 is 0. The summed E-state index contributed by atoms with van der Waals surface area (Å²) in [5.41, 5.74) is 2.48. The molecule has 0 aliphatic rings. The summed E-state index contributed by atoms with van der Waals surface area (Å²) in [6.45, 7) is 8.15. The van der Waals surface area contributed by atoms with Gasteiger partial charge in [-0.2, -0.15) is 5.26 Å². The van der Waals surface area contributed by atoms with E-state index in [4.69, 9.17) is 10.00 Å². The number of carbonyl (C=O) groups excluding carboxylic acids is 1. The van der Waals surface area contributed by atoms with Gasteiger partial charge in [-0.25, -0.2) is 0 Å². The van der Waals surface area contributed by atoms with Crippen LogP contribution in [0, 0.1) is 11.3 Å². The highest BCUT2D eigenvalue weighted by Crippen LogP contribution is 2.24. The van der Waals surface area contributed by atoms with Crippen LogP contribution in [0.25, 0.3) is 0 Å². The average molecular weight is 322 g/mol. The Morgan fingerprint density at radius 3 is 2.17 bits per heavy atom. The van der Waals surface area contributed by atoms with E-state index in [0.29, 0.717) is 17.0 Å². The van der Waals surface area contributed by atoms with E-state index in [9.17, 15) is 4.79 Å². The third-order valence-electron chi connectivity index (χ3n) is 3.68. The largest absolute Gasteiger partial charge is 0.481 e. The molecule has 4 heteroatoms. The Morgan fingerprint density at radius 2 is 1.67 bits per heavy atom. The molecule has 0 fully saturated rings. The molecule has 0 saturated carbocycles. The van der Waals surface area contributed by atoms with Crippen LogP contribution in [-0.4, -0.2) is 12.0 Å². The minimum Gasteiger partial charge on any atom is -0.481 e. The van der Waals surface area contributed by atoms with Crippen molar-refractivity contribution in [3.05, 3.63) is 59.7 Å². The number of nitrogens with zero attached hydrogens (tertiary/aromatic N) is 1. The minimum absolute atomic E-state index is 0.0805. The van der Waals surface area contributed by atoms with Crippen LogP contribution in [0.3, 0.4) is 0 Å². The summed E-state index contributed by atoms with van der Waals surface area (Å²) < 4.78 is 5.70. The van der Waals surface area contributed by atoms with Crippen molar-refractivity contribution >= 4 is 11.6 Å². The van der Waals surface area contributed by atoms with Crippen molar-refractivity contribution in [3.63, 3.8) is 0 Å². The van der Waals surface area contributed by atoms with Gasteiger partial charge in [0.15, 0.2) is 6.10 Å². The van der Waals surface area contributed by atoms with Crippen molar-refractivity contribution in [1.82, 2.24) is 0 Å². The maximum absolute atomic E-state index is 12.2. The number of carbonyl (C=O) groups is 1. The van der Waals surface area contributed by atoms with Crippen LogP contribution >= 0.6 is 0 Å². The number of rotatable bonds is 4. The molecule has 0 spiro atoms. The van der Waals surface area contributed by atoms with Crippen molar-refractivity contribution in [1.29, 1.82) is 5.26 Å². The molecule has 1 atom stereocenters. The molecule has 2 aromatic rings. The maximum Gasteiger partial charge on any atom is 0.265 e. The Hall–Kier alpha value is -2.80. The first-order valence-corrected chi connectivity index (χ1v) is 7.88. The van der Waals surface area contributed by atoms with E-state index in [1.54, 1.807) is 31.2 Å². The number of anilines is 1. The molecule has 2 rings (SSSR count). The summed E-state index contributed by atoms with van der Waals surface area (Å²) in [7, 11) is 0. The molecule has 124 valence electrons. The van der Waals surface area contributed by atoms with E-state index in [2.05, 4.69) is 26.1 Å². The molecule has 4 nitrogen and oxygen atoms in total. The van der Waals surface area contributed by atoms with Crippen LogP contribution in [0.15, 0.2) is 48.5 Å². The summed E-state index contributed by atoms with van der Waals surface area (Å²) in [5, 5.41) is 11.6. The van der Waals surface area contributed by atoms with E-state index < -0.39 is 6.10 Å². The van der Waals surface area contributed by atoms with Crippen molar-refractivity contribution in [2.24, 2.45) is 0 Å². The highest BCUT2D eigenvalue weighted by Gasteiger charge is 2.16. The van der Waals surface area contributed by atoms with Gasteiger partial charge in [0.2, 0.25) is 0 Å². The number of amides is 1. The number of ether oxygens (including phenoxy) is 1. The van der Waals surface area contributed by atoms with Crippen molar-refractivity contribution in [3.8, 4) is 11.8 Å². The van der Waals surface area contributed by atoms with Gasteiger partial charge in [0, 0.05) is 5.69 Å². The van der Waals surface area contributed by atoms with Gasteiger partial charge < -0.3 is 10.1 Å². The number of nitrogens with one attached hydrogen (secondary N) is 1. The van der Waals surface area contributed by atoms with Crippen molar-refractivity contribution < 1.29 is 9.53 Å². The molecule has 0 radical (unpaired) electrons. The predicted molar refractivity (Wildman–Crippen MR) is 95.0 cm³/mol. The monoisotopic (exact) mass is 322 g/mol. The summed E-state index contributed by atoms with van der Waals surface area (Å²) in [6.07, 6.45) is -0.624. The van der Waals surface area contributed by atoms with Gasteiger partial charge in [-0.15, -0.1) is 0 Å². The van der Waals surface area contributed by atoms with E-state index in [1.807, 2.05) is 30.3 Å². The first-order valence-electron chi connectivity index (χ1n) is 7.88. The van der Waals surface area contributed by atoms with Crippen LogP contribution in [-0.2, 0) is 10.2 Å². The zero-order chi connectivity index (χ0) is 17.7. The van der Waals surface area contributed by atoms with Gasteiger partial charge in [0.25, 0.3) is 5.91 Å². The molecule has 0 bridgehead atoms. The highest BCUT2D eigenvalue weighted by atomic mass is 16.5. The van der Waals surface area contributed by atoms with Gasteiger partial charge in [0.1, 0.15) is 5.75 Å². The Kier molecular flexibility index (Phi) is 5.25. The van der Waals surface area contributed by atoms with Gasteiger partial charge in [0.05, 0.1) is 11.6 Å². The van der Waals surface area contributed by atoms with E-state index in [-0.39, 0.29) is 11.3 Å². The second-order valence-corrected chi connectivity index (χ2v) is 6.71. The van der Waals surface area contributed by atoms with Crippen LogP contribution in [0.5, 0.6) is 5.75 Å². The Labute approximate surface area is 143 Å². The molecular weight excluding hydrogens is 300 g/mol. The molecular formula is C20H22N2O2. The third-order valence-corrected chi connectivity index (χ3v) is 3.68. The molecule has 1 amide bonds. The molecule has 1 unspecified atom stereocenters. The van der Waals surface area contributed by atoms with E-state index in [0.717, 1.165) is 0 Å². The Balaban J connectivity index is 1.97. The standard InChI is InChI=1S/C20H22N2O2/c1-14(19(23)22-17-9-5-15(13-21)6-10-17)24-18-11-7-16(8-12-18)20(2,3)4/h5-12,14H,1-4H3,(H,22,23). The normalized spacial score (nSPS) is 12.1. The molecule has 0 aromatic heterocycles. The molecule has 24 heavy (non-hydrogen) atoms.